The van der Waals surface area contributed by atoms with E-state index in [0.717, 1.165) is 4.88 Å². The summed E-state index contributed by atoms with van der Waals surface area (Å²) in [5.74, 6) is 0.959. The van der Waals surface area contributed by atoms with Crippen molar-refractivity contribution in [3.63, 3.8) is 0 Å². The quantitative estimate of drug-likeness (QED) is 0.856. The molecule has 1 aliphatic heterocycles. The van der Waals surface area contributed by atoms with Gasteiger partial charge in [0.1, 0.15) is 6.04 Å². The maximum atomic E-state index is 12.3. The van der Waals surface area contributed by atoms with Crippen molar-refractivity contribution in [3.8, 4) is 0 Å². The molecule has 0 saturated carbocycles. The van der Waals surface area contributed by atoms with Gasteiger partial charge in [-0.1, -0.05) is 0 Å². The lowest BCUT2D eigenvalue weighted by molar-refractivity contribution is -0.137. The van der Waals surface area contributed by atoms with E-state index >= 15 is 0 Å². The minimum atomic E-state index is -0.430. The number of amides is 2. The maximum Gasteiger partial charge on any atom is 0.249 e. The Balaban J connectivity index is 1.89. The van der Waals surface area contributed by atoms with Gasteiger partial charge in [-0.05, 0) is 20.8 Å². The lowest BCUT2D eigenvalue weighted by Gasteiger charge is -2.22. The van der Waals surface area contributed by atoms with Gasteiger partial charge in [-0.25, -0.2) is 4.98 Å². The number of carbonyl (C=O) groups excluding carboxylic acids is 2. The normalized spacial score (nSPS) is 18.0. The molecule has 2 rings (SSSR count). The van der Waals surface area contributed by atoms with E-state index in [9.17, 15) is 9.59 Å². The number of rotatable bonds is 6. The predicted molar refractivity (Wildman–Crippen MR) is 89.1 cm³/mol. The van der Waals surface area contributed by atoms with Crippen LogP contribution in [-0.4, -0.2) is 52.1 Å². The number of thiazole rings is 1. The minimum absolute atomic E-state index is 0.0406. The fourth-order valence-electron chi connectivity index (χ4n) is 2.03. The number of nitrogens with one attached hydrogen (secondary N) is 1. The SMILES string of the molecule is Cc1cnc(NC(=O)C2CSCN2C(=O)CCOC(C)C)s1. The number of carbonyl (C=O) groups is 2. The second-order valence-electron chi connectivity index (χ2n) is 5.31. The number of anilines is 1. The first-order chi connectivity index (χ1) is 10.5. The second-order valence-corrected chi connectivity index (χ2v) is 7.55. The number of hydrogen-bond donors (Lipinski definition) is 1. The molecule has 0 aromatic carbocycles. The van der Waals surface area contributed by atoms with Gasteiger partial charge in [0, 0.05) is 16.8 Å². The standard InChI is InChI=1S/C14H21N3O3S2/c1-9(2)20-5-4-12(18)17-8-21-7-11(17)13(19)16-14-15-6-10(3)22-14/h6,9,11H,4-5,7-8H2,1-3H3,(H,15,16,19). The van der Waals surface area contributed by atoms with Gasteiger partial charge in [0.05, 0.1) is 25.0 Å². The Bertz CT molecular complexity index is 533. The molecule has 22 heavy (non-hydrogen) atoms. The summed E-state index contributed by atoms with van der Waals surface area (Å²) in [7, 11) is 0. The van der Waals surface area contributed by atoms with Crippen LogP contribution in [0.3, 0.4) is 0 Å². The van der Waals surface area contributed by atoms with Crippen LogP contribution in [0, 0.1) is 6.92 Å². The molecule has 1 aromatic heterocycles. The van der Waals surface area contributed by atoms with Crippen molar-refractivity contribution in [2.45, 2.75) is 39.3 Å². The van der Waals surface area contributed by atoms with Crippen molar-refractivity contribution in [3.05, 3.63) is 11.1 Å². The molecule has 1 fully saturated rings. The molecule has 0 bridgehead atoms. The van der Waals surface area contributed by atoms with E-state index in [-0.39, 0.29) is 17.9 Å². The third-order valence-corrected chi connectivity index (χ3v) is 4.96. The average Bonchev–Trinajstić information content (AvgIpc) is 3.07. The molecule has 1 unspecified atom stereocenters. The highest BCUT2D eigenvalue weighted by atomic mass is 32.2. The van der Waals surface area contributed by atoms with Gasteiger partial charge in [0.25, 0.3) is 0 Å². The number of nitrogens with zero attached hydrogens (tertiary/aromatic N) is 2. The smallest absolute Gasteiger partial charge is 0.249 e. The van der Waals surface area contributed by atoms with Gasteiger partial charge in [-0.3, -0.25) is 9.59 Å². The van der Waals surface area contributed by atoms with Crippen LogP contribution in [0.4, 0.5) is 5.13 Å². The van der Waals surface area contributed by atoms with Crippen LogP contribution in [0.5, 0.6) is 0 Å². The van der Waals surface area contributed by atoms with E-state index in [1.807, 2.05) is 20.8 Å². The number of ether oxygens (including phenoxy) is 1. The van der Waals surface area contributed by atoms with E-state index < -0.39 is 6.04 Å². The van der Waals surface area contributed by atoms with E-state index in [0.29, 0.717) is 29.8 Å². The van der Waals surface area contributed by atoms with Crippen LogP contribution in [0.25, 0.3) is 0 Å². The zero-order valence-electron chi connectivity index (χ0n) is 13.0. The first-order valence-electron chi connectivity index (χ1n) is 7.19. The van der Waals surface area contributed by atoms with Gasteiger partial charge in [0.15, 0.2) is 5.13 Å². The minimum Gasteiger partial charge on any atom is -0.378 e. The Morgan fingerprint density at radius 3 is 2.95 bits per heavy atom. The summed E-state index contributed by atoms with van der Waals surface area (Å²) in [5, 5.41) is 3.37. The number of aryl methyl sites for hydroxylation is 1. The highest BCUT2D eigenvalue weighted by molar-refractivity contribution is 7.99. The highest BCUT2D eigenvalue weighted by Gasteiger charge is 2.34. The molecular weight excluding hydrogens is 322 g/mol. The van der Waals surface area contributed by atoms with E-state index in [2.05, 4.69) is 10.3 Å². The second kappa shape index (κ2) is 7.94. The Morgan fingerprint density at radius 2 is 2.32 bits per heavy atom. The molecule has 0 spiro atoms. The Hall–Kier alpha value is -1.12. The Morgan fingerprint density at radius 1 is 1.55 bits per heavy atom. The summed E-state index contributed by atoms with van der Waals surface area (Å²) in [6.07, 6.45) is 2.13. The van der Waals surface area contributed by atoms with Crippen molar-refractivity contribution in [2.75, 3.05) is 23.6 Å². The van der Waals surface area contributed by atoms with E-state index in [4.69, 9.17) is 4.74 Å². The molecule has 0 aliphatic carbocycles. The topological polar surface area (TPSA) is 71.5 Å². The number of thioether (sulfide) groups is 1. The van der Waals surface area contributed by atoms with Crippen molar-refractivity contribution in [1.82, 2.24) is 9.88 Å². The summed E-state index contributed by atoms with van der Waals surface area (Å²) >= 11 is 3.02. The summed E-state index contributed by atoms with van der Waals surface area (Å²) < 4.78 is 5.40. The molecule has 1 atom stereocenters. The molecule has 2 amide bonds. The molecule has 1 N–H and O–H groups in total. The Labute approximate surface area is 138 Å². The van der Waals surface area contributed by atoms with Gasteiger partial charge in [-0.2, -0.15) is 0 Å². The van der Waals surface area contributed by atoms with Gasteiger partial charge in [-0.15, -0.1) is 23.1 Å². The number of hydrogen-bond acceptors (Lipinski definition) is 6. The van der Waals surface area contributed by atoms with E-state index in [1.54, 1.807) is 22.9 Å². The fraction of sp³-hybridized carbons (Fsp3) is 0.643. The number of aromatic nitrogens is 1. The van der Waals surface area contributed by atoms with Crippen LogP contribution < -0.4 is 5.32 Å². The lowest BCUT2D eigenvalue weighted by atomic mass is 10.2. The molecule has 1 saturated heterocycles. The molecule has 122 valence electrons. The maximum absolute atomic E-state index is 12.3. The fourth-order valence-corrected chi connectivity index (χ4v) is 3.88. The van der Waals surface area contributed by atoms with Crippen LogP contribution in [-0.2, 0) is 14.3 Å². The molecule has 6 nitrogen and oxygen atoms in total. The van der Waals surface area contributed by atoms with Gasteiger partial charge in [0.2, 0.25) is 11.8 Å². The summed E-state index contributed by atoms with van der Waals surface area (Å²) in [5.41, 5.74) is 0. The van der Waals surface area contributed by atoms with Crippen molar-refractivity contribution in [2.24, 2.45) is 0 Å². The Kier molecular flexibility index (Phi) is 6.22. The summed E-state index contributed by atoms with van der Waals surface area (Å²) in [4.78, 5) is 31.4. The highest BCUT2D eigenvalue weighted by Crippen LogP contribution is 2.24. The third kappa shape index (κ3) is 4.69. The molecular formula is C14H21N3O3S2. The van der Waals surface area contributed by atoms with Crippen LogP contribution in [0.2, 0.25) is 0 Å². The van der Waals surface area contributed by atoms with Crippen molar-refractivity contribution >= 4 is 40.0 Å². The monoisotopic (exact) mass is 343 g/mol. The van der Waals surface area contributed by atoms with E-state index in [1.165, 1.54) is 11.3 Å². The summed E-state index contributed by atoms with van der Waals surface area (Å²) in [6, 6.07) is -0.430. The first kappa shape index (κ1) is 17.2. The van der Waals surface area contributed by atoms with Crippen LogP contribution in [0.15, 0.2) is 6.20 Å². The largest absolute Gasteiger partial charge is 0.378 e. The van der Waals surface area contributed by atoms with Gasteiger partial charge < -0.3 is 15.0 Å². The van der Waals surface area contributed by atoms with Crippen molar-refractivity contribution < 1.29 is 14.3 Å². The summed E-state index contributed by atoms with van der Waals surface area (Å²) in [6.45, 7) is 6.19. The zero-order valence-corrected chi connectivity index (χ0v) is 14.6. The first-order valence-corrected chi connectivity index (χ1v) is 9.16. The molecule has 1 aliphatic rings. The van der Waals surface area contributed by atoms with Gasteiger partial charge >= 0.3 is 0 Å². The third-order valence-electron chi connectivity index (χ3n) is 3.12. The van der Waals surface area contributed by atoms with Crippen molar-refractivity contribution in [1.29, 1.82) is 0 Å². The van der Waals surface area contributed by atoms with Crippen LogP contribution in [0.1, 0.15) is 25.1 Å². The average molecular weight is 343 g/mol. The van der Waals surface area contributed by atoms with Crippen LogP contribution >= 0.6 is 23.1 Å². The molecule has 2 heterocycles. The molecule has 1 aromatic rings. The zero-order chi connectivity index (χ0) is 16.1. The molecule has 8 heteroatoms. The molecule has 0 radical (unpaired) electrons. The predicted octanol–water partition coefficient (Wildman–Crippen LogP) is 2.11. The lowest BCUT2D eigenvalue weighted by Crippen LogP contribution is -2.44.